The van der Waals surface area contributed by atoms with Crippen molar-refractivity contribution in [3.05, 3.63) is 42.5 Å². The Bertz CT molecular complexity index is 848. The topological polar surface area (TPSA) is 108 Å². The van der Waals surface area contributed by atoms with Crippen LogP contribution in [0.4, 0.5) is 10.1 Å². The van der Waals surface area contributed by atoms with Gasteiger partial charge < -0.3 is 11.1 Å². The van der Waals surface area contributed by atoms with Gasteiger partial charge in [0.1, 0.15) is 6.17 Å². The number of halogens is 1. The Hall–Kier alpha value is -2.46. The lowest BCUT2D eigenvalue weighted by Crippen LogP contribution is -2.58. The molecule has 4 unspecified atom stereocenters. The lowest BCUT2D eigenvalue weighted by molar-refractivity contribution is -0.121. The lowest BCUT2D eigenvalue weighted by Gasteiger charge is -2.33. The van der Waals surface area contributed by atoms with Gasteiger partial charge in [-0.05, 0) is 24.6 Å². The molecule has 142 valence electrons. The lowest BCUT2D eigenvalue weighted by atomic mass is 10.00. The predicted octanol–water partition coefficient (Wildman–Crippen LogP) is 0.379. The van der Waals surface area contributed by atoms with E-state index in [1.54, 1.807) is 29.8 Å². The van der Waals surface area contributed by atoms with Crippen molar-refractivity contribution < 1.29 is 9.18 Å². The third kappa shape index (κ3) is 3.42. The van der Waals surface area contributed by atoms with E-state index < -0.39 is 18.3 Å². The normalized spacial score (nSPS) is 28.0. The van der Waals surface area contributed by atoms with Crippen molar-refractivity contribution in [1.29, 1.82) is 0 Å². The van der Waals surface area contributed by atoms with E-state index in [0.717, 1.165) is 16.7 Å². The van der Waals surface area contributed by atoms with Gasteiger partial charge >= 0.3 is 0 Å². The van der Waals surface area contributed by atoms with E-state index in [1.165, 1.54) is 0 Å². The van der Waals surface area contributed by atoms with E-state index in [1.807, 2.05) is 19.1 Å². The summed E-state index contributed by atoms with van der Waals surface area (Å²) in [5.41, 5.74) is 12.5. The molecule has 2 aromatic heterocycles. The highest BCUT2D eigenvalue weighted by atomic mass is 19.1. The Labute approximate surface area is 156 Å². The van der Waals surface area contributed by atoms with E-state index in [2.05, 4.69) is 26.0 Å². The van der Waals surface area contributed by atoms with Gasteiger partial charge in [0.15, 0.2) is 0 Å². The highest BCUT2D eigenvalue weighted by Gasteiger charge is 2.47. The second kappa shape index (κ2) is 7.28. The molecule has 4 heterocycles. The van der Waals surface area contributed by atoms with E-state index >= 15 is 0 Å². The van der Waals surface area contributed by atoms with Crippen molar-refractivity contribution in [1.82, 2.24) is 25.7 Å². The van der Waals surface area contributed by atoms with Crippen molar-refractivity contribution in [2.75, 3.05) is 18.4 Å². The van der Waals surface area contributed by atoms with Crippen LogP contribution in [0.3, 0.4) is 0 Å². The summed E-state index contributed by atoms with van der Waals surface area (Å²) in [5, 5.41) is 7.66. The largest absolute Gasteiger partial charge is 0.324 e. The minimum atomic E-state index is -0.999. The SMILES string of the molecule is Cc1ccncc1-c1ccncc1NC(=O)C1C(N)NN2CC(F)CNC12. The number of hydrazine groups is 1. The molecule has 9 heteroatoms. The summed E-state index contributed by atoms with van der Waals surface area (Å²) < 4.78 is 13.6. The van der Waals surface area contributed by atoms with Gasteiger partial charge in [0.2, 0.25) is 5.91 Å². The predicted molar refractivity (Wildman–Crippen MR) is 98.8 cm³/mol. The average Bonchev–Trinajstić information content (AvgIpc) is 2.97. The summed E-state index contributed by atoms with van der Waals surface area (Å²) in [6, 6.07) is 3.75. The van der Waals surface area contributed by atoms with Crippen LogP contribution in [-0.4, -0.2) is 52.5 Å². The number of alkyl halides is 1. The smallest absolute Gasteiger partial charge is 0.233 e. The van der Waals surface area contributed by atoms with Crippen molar-refractivity contribution in [3.63, 3.8) is 0 Å². The van der Waals surface area contributed by atoms with Gasteiger partial charge in [0, 0.05) is 42.8 Å². The van der Waals surface area contributed by atoms with E-state index in [-0.39, 0.29) is 25.2 Å². The third-order valence-corrected chi connectivity index (χ3v) is 5.03. The summed E-state index contributed by atoms with van der Waals surface area (Å²) in [6.45, 7) is 2.38. The summed E-state index contributed by atoms with van der Waals surface area (Å²) in [5.74, 6) is -0.816. The molecule has 2 saturated heterocycles. The first kappa shape index (κ1) is 17.9. The Morgan fingerprint density at radius 2 is 2.07 bits per heavy atom. The van der Waals surface area contributed by atoms with Crippen molar-refractivity contribution in [2.24, 2.45) is 11.7 Å². The zero-order chi connectivity index (χ0) is 19.0. The van der Waals surface area contributed by atoms with E-state index in [4.69, 9.17) is 5.73 Å². The fourth-order valence-corrected chi connectivity index (χ4v) is 3.67. The quantitative estimate of drug-likeness (QED) is 0.618. The number of aryl methyl sites for hydroxylation is 1. The van der Waals surface area contributed by atoms with Crippen LogP contribution in [-0.2, 0) is 4.79 Å². The van der Waals surface area contributed by atoms with Gasteiger partial charge in [-0.15, -0.1) is 0 Å². The number of fused-ring (bicyclic) bond motifs is 1. The summed E-state index contributed by atoms with van der Waals surface area (Å²) in [7, 11) is 0. The van der Waals surface area contributed by atoms with Crippen LogP contribution in [0.15, 0.2) is 36.9 Å². The Kier molecular flexibility index (Phi) is 4.83. The number of pyridine rings is 2. The second-order valence-electron chi connectivity index (χ2n) is 6.88. The maximum atomic E-state index is 13.6. The molecule has 1 amide bonds. The number of nitrogens with one attached hydrogen (secondary N) is 3. The first-order valence-corrected chi connectivity index (χ1v) is 8.86. The molecule has 2 aliphatic rings. The number of nitrogens with zero attached hydrogens (tertiary/aromatic N) is 3. The Morgan fingerprint density at radius 1 is 1.30 bits per heavy atom. The van der Waals surface area contributed by atoms with E-state index in [0.29, 0.717) is 5.69 Å². The van der Waals surface area contributed by atoms with Gasteiger partial charge in [0.05, 0.1) is 30.1 Å². The minimum absolute atomic E-state index is 0.197. The molecule has 2 fully saturated rings. The van der Waals surface area contributed by atoms with Crippen molar-refractivity contribution in [3.8, 4) is 11.1 Å². The Balaban J connectivity index is 1.58. The third-order valence-electron chi connectivity index (χ3n) is 5.03. The number of carbonyl (C=O) groups excluding carboxylic acids is 1. The zero-order valence-corrected chi connectivity index (χ0v) is 14.9. The van der Waals surface area contributed by atoms with Gasteiger partial charge in [-0.1, -0.05) is 0 Å². The van der Waals surface area contributed by atoms with E-state index in [9.17, 15) is 9.18 Å². The standard InChI is InChI=1S/C18H22FN7O/c1-10-2-4-21-7-13(10)12-3-5-22-8-14(12)24-18(27)15-16(20)25-26-9-11(19)6-23-17(15)26/h2-5,7-8,11,15-17,23,25H,6,9,20H2,1H3,(H,24,27). The molecular weight excluding hydrogens is 349 g/mol. The van der Waals surface area contributed by atoms with Crippen LogP contribution in [0, 0.1) is 12.8 Å². The van der Waals surface area contributed by atoms with Crippen molar-refractivity contribution >= 4 is 11.6 Å². The van der Waals surface area contributed by atoms with Gasteiger partial charge in [-0.2, -0.15) is 0 Å². The van der Waals surface area contributed by atoms with Crippen LogP contribution in [0.25, 0.3) is 11.1 Å². The zero-order valence-electron chi connectivity index (χ0n) is 14.9. The maximum absolute atomic E-state index is 13.6. The minimum Gasteiger partial charge on any atom is -0.324 e. The molecule has 0 spiro atoms. The molecule has 4 rings (SSSR count). The molecule has 2 aliphatic heterocycles. The first-order chi connectivity index (χ1) is 13.0. The monoisotopic (exact) mass is 371 g/mol. The summed E-state index contributed by atoms with van der Waals surface area (Å²) in [6.07, 6.45) is 4.81. The molecule has 27 heavy (non-hydrogen) atoms. The van der Waals surface area contributed by atoms with Crippen LogP contribution < -0.4 is 21.8 Å². The first-order valence-electron chi connectivity index (χ1n) is 8.86. The van der Waals surface area contributed by atoms with Gasteiger partial charge in [-0.25, -0.2) is 14.8 Å². The molecule has 0 aliphatic carbocycles. The number of amides is 1. The van der Waals surface area contributed by atoms with Crippen molar-refractivity contribution in [2.45, 2.75) is 25.4 Å². The number of aromatic nitrogens is 2. The Morgan fingerprint density at radius 3 is 2.89 bits per heavy atom. The molecule has 0 saturated carbocycles. The molecule has 5 N–H and O–H groups in total. The number of hydrogen-bond donors (Lipinski definition) is 4. The van der Waals surface area contributed by atoms with Crippen LogP contribution in [0.2, 0.25) is 0 Å². The fourth-order valence-electron chi connectivity index (χ4n) is 3.67. The number of rotatable bonds is 3. The molecule has 8 nitrogen and oxygen atoms in total. The highest BCUT2D eigenvalue weighted by Crippen LogP contribution is 2.30. The van der Waals surface area contributed by atoms with Crippen LogP contribution in [0.5, 0.6) is 0 Å². The van der Waals surface area contributed by atoms with Crippen LogP contribution in [0.1, 0.15) is 5.56 Å². The molecule has 0 bridgehead atoms. The molecule has 0 aromatic carbocycles. The number of hydrogen-bond acceptors (Lipinski definition) is 7. The number of anilines is 1. The van der Waals surface area contributed by atoms with Gasteiger partial charge in [-0.3, -0.25) is 20.1 Å². The fraction of sp³-hybridized carbons (Fsp3) is 0.389. The number of nitrogens with two attached hydrogens (primary N) is 1. The highest BCUT2D eigenvalue weighted by molar-refractivity contribution is 5.97. The molecule has 0 radical (unpaired) electrons. The molecule has 4 atom stereocenters. The molecular formula is C18H22FN7O. The number of carbonyl (C=O) groups is 1. The summed E-state index contributed by atoms with van der Waals surface area (Å²) >= 11 is 0. The van der Waals surface area contributed by atoms with Crippen LogP contribution >= 0.6 is 0 Å². The molecule has 2 aromatic rings. The maximum Gasteiger partial charge on any atom is 0.233 e. The summed E-state index contributed by atoms with van der Waals surface area (Å²) in [4.78, 5) is 21.3. The van der Waals surface area contributed by atoms with Gasteiger partial charge in [0.25, 0.3) is 0 Å². The average molecular weight is 371 g/mol. The second-order valence-corrected chi connectivity index (χ2v) is 6.88.